The van der Waals surface area contributed by atoms with Crippen molar-refractivity contribution in [1.82, 2.24) is 0 Å². The van der Waals surface area contributed by atoms with Crippen molar-refractivity contribution in [2.45, 2.75) is 18.6 Å². The Kier molecular flexibility index (Phi) is 4.98. The highest BCUT2D eigenvalue weighted by molar-refractivity contribution is 5.78. The molecule has 0 aromatic carbocycles. The van der Waals surface area contributed by atoms with Gasteiger partial charge in [-0.1, -0.05) is 0 Å². The third-order valence-electron chi connectivity index (χ3n) is 1.42. The zero-order chi connectivity index (χ0) is 10.4. The van der Waals surface area contributed by atoms with Crippen molar-refractivity contribution in [3.63, 3.8) is 0 Å². The lowest BCUT2D eigenvalue weighted by Crippen LogP contribution is -2.36. The summed E-state index contributed by atoms with van der Waals surface area (Å²) in [5, 5.41) is 0. The van der Waals surface area contributed by atoms with Crippen molar-refractivity contribution in [2.24, 2.45) is 5.73 Å². The Bertz CT molecular complexity index is 177. The Morgan fingerprint density at radius 1 is 1.31 bits per heavy atom. The van der Waals surface area contributed by atoms with Crippen LogP contribution in [0.1, 0.15) is 6.42 Å². The van der Waals surface area contributed by atoms with E-state index in [1.165, 1.54) is 0 Å². The molecule has 0 rings (SSSR count). The Labute approximate surface area is 75.0 Å². The minimum Gasteiger partial charge on any atom is -0.468 e. The van der Waals surface area contributed by atoms with E-state index in [9.17, 15) is 14.0 Å². The second-order valence-electron chi connectivity index (χ2n) is 2.36. The summed E-state index contributed by atoms with van der Waals surface area (Å²) in [5.74, 6) is -1.80. The van der Waals surface area contributed by atoms with Crippen LogP contribution >= 0.6 is 0 Å². The molecule has 0 aliphatic carbocycles. The van der Waals surface area contributed by atoms with Gasteiger partial charge >= 0.3 is 11.9 Å². The van der Waals surface area contributed by atoms with Gasteiger partial charge in [0.1, 0.15) is 6.04 Å². The molecule has 0 fully saturated rings. The number of nitrogens with two attached hydrogens (primary N) is 1. The van der Waals surface area contributed by atoms with Crippen LogP contribution in [0, 0.1) is 0 Å². The van der Waals surface area contributed by atoms with E-state index in [1.54, 1.807) is 0 Å². The Morgan fingerprint density at radius 3 is 2.15 bits per heavy atom. The first-order valence-electron chi connectivity index (χ1n) is 3.58. The topological polar surface area (TPSA) is 78.6 Å². The maximum Gasteiger partial charge on any atom is 0.340 e. The molecule has 0 aromatic rings. The Hall–Kier alpha value is -1.17. The maximum absolute atomic E-state index is 12.8. The van der Waals surface area contributed by atoms with Gasteiger partial charge in [-0.05, 0) is 0 Å². The van der Waals surface area contributed by atoms with Crippen LogP contribution in [-0.4, -0.2) is 38.4 Å². The molecule has 0 radical (unpaired) electrons. The molecule has 0 amide bonds. The molecular formula is C7H12FNO4. The number of carbonyl (C=O) groups is 2. The van der Waals surface area contributed by atoms with Gasteiger partial charge < -0.3 is 15.2 Å². The van der Waals surface area contributed by atoms with Gasteiger partial charge in [-0.2, -0.15) is 0 Å². The molecule has 1 unspecified atom stereocenters. The largest absolute Gasteiger partial charge is 0.468 e. The molecule has 0 saturated carbocycles. The van der Waals surface area contributed by atoms with Crippen molar-refractivity contribution in [1.29, 1.82) is 0 Å². The highest BCUT2D eigenvalue weighted by Crippen LogP contribution is 2.04. The minimum atomic E-state index is -1.89. The van der Waals surface area contributed by atoms with Crippen LogP contribution in [-0.2, 0) is 19.1 Å². The van der Waals surface area contributed by atoms with Gasteiger partial charge in [0.05, 0.1) is 14.2 Å². The predicted octanol–water partition coefficient (Wildman–Crippen LogP) is -0.612. The van der Waals surface area contributed by atoms with Gasteiger partial charge in [-0.15, -0.1) is 0 Å². The summed E-state index contributed by atoms with van der Waals surface area (Å²) < 4.78 is 21.1. The lowest BCUT2D eigenvalue weighted by Gasteiger charge is -2.10. The Morgan fingerprint density at radius 2 is 1.77 bits per heavy atom. The number of halogens is 1. The molecule has 0 heterocycles. The molecule has 5 nitrogen and oxygen atoms in total. The number of rotatable bonds is 4. The van der Waals surface area contributed by atoms with Crippen LogP contribution < -0.4 is 5.73 Å². The second-order valence-corrected chi connectivity index (χ2v) is 2.36. The fraction of sp³-hybridized carbons (Fsp3) is 0.714. The van der Waals surface area contributed by atoms with E-state index in [2.05, 4.69) is 9.47 Å². The van der Waals surface area contributed by atoms with Gasteiger partial charge in [0, 0.05) is 6.42 Å². The molecule has 0 aliphatic heterocycles. The Balaban J connectivity index is 3.98. The summed E-state index contributed by atoms with van der Waals surface area (Å²) in [5.41, 5.74) is 5.20. The van der Waals surface area contributed by atoms with Crippen LogP contribution in [0.4, 0.5) is 4.39 Å². The summed E-state index contributed by atoms with van der Waals surface area (Å²) >= 11 is 0. The van der Waals surface area contributed by atoms with Gasteiger partial charge in [0.25, 0.3) is 0 Å². The molecule has 0 bridgehead atoms. The maximum atomic E-state index is 12.8. The van der Waals surface area contributed by atoms with Gasteiger partial charge in [0.15, 0.2) is 6.17 Å². The number of alkyl halides is 1. The predicted molar refractivity (Wildman–Crippen MR) is 41.5 cm³/mol. The average molecular weight is 193 g/mol. The third-order valence-corrected chi connectivity index (χ3v) is 1.42. The fourth-order valence-electron chi connectivity index (χ4n) is 0.695. The monoisotopic (exact) mass is 193 g/mol. The van der Waals surface area contributed by atoms with Gasteiger partial charge in [-0.3, -0.25) is 4.79 Å². The minimum absolute atomic E-state index is 0.431. The van der Waals surface area contributed by atoms with E-state index < -0.39 is 30.6 Å². The first kappa shape index (κ1) is 11.8. The van der Waals surface area contributed by atoms with Crippen LogP contribution in [0.3, 0.4) is 0 Å². The van der Waals surface area contributed by atoms with Crippen molar-refractivity contribution < 1.29 is 23.5 Å². The number of esters is 2. The highest BCUT2D eigenvalue weighted by atomic mass is 19.1. The van der Waals surface area contributed by atoms with Crippen LogP contribution in [0.25, 0.3) is 0 Å². The first-order valence-corrected chi connectivity index (χ1v) is 3.58. The summed E-state index contributed by atoms with van der Waals surface area (Å²) in [7, 11) is 2.19. The highest BCUT2D eigenvalue weighted by Gasteiger charge is 2.25. The molecular weight excluding hydrogens is 181 g/mol. The normalized spacial score (nSPS) is 14.5. The van der Waals surface area contributed by atoms with Gasteiger partial charge in [-0.25, -0.2) is 9.18 Å². The second kappa shape index (κ2) is 5.47. The van der Waals surface area contributed by atoms with E-state index in [4.69, 9.17) is 5.73 Å². The smallest absolute Gasteiger partial charge is 0.340 e. The molecule has 0 spiro atoms. The number of hydrogen-bond acceptors (Lipinski definition) is 5. The molecule has 76 valence electrons. The summed E-state index contributed by atoms with van der Waals surface area (Å²) in [6, 6.07) is -1.14. The molecule has 13 heavy (non-hydrogen) atoms. The molecule has 6 heteroatoms. The van der Waals surface area contributed by atoms with E-state index in [0.717, 1.165) is 14.2 Å². The number of carbonyl (C=O) groups excluding carboxylic acids is 2. The molecule has 0 saturated heterocycles. The summed E-state index contributed by atoms with van der Waals surface area (Å²) in [4.78, 5) is 21.2. The van der Waals surface area contributed by atoms with Gasteiger partial charge in [0.2, 0.25) is 0 Å². The first-order chi connectivity index (χ1) is 6.02. The zero-order valence-electron chi connectivity index (χ0n) is 7.45. The van der Waals surface area contributed by atoms with E-state index in [-0.39, 0.29) is 0 Å². The van der Waals surface area contributed by atoms with Crippen molar-refractivity contribution in [3.05, 3.63) is 0 Å². The number of hydrogen-bond donors (Lipinski definition) is 1. The van der Waals surface area contributed by atoms with Crippen LogP contribution in [0.5, 0.6) is 0 Å². The van der Waals surface area contributed by atoms with E-state index >= 15 is 0 Å². The fourth-order valence-corrected chi connectivity index (χ4v) is 0.695. The SMILES string of the molecule is COC(=O)C(F)C[C@H](N)C(=O)OC. The third kappa shape index (κ3) is 3.84. The molecule has 2 atom stereocenters. The summed E-state index contributed by atoms with van der Waals surface area (Å²) in [6.45, 7) is 0. The number of methoxy groups -OCH3 is 2. The van der Waals surface area contributed by atoms with Crippen molar-refractivity contribution in [3.8, 4) is 0 Å². The number of ether oxygens (including phenoxy) is 2. The quantitative estimate of drug-likeness (QED) is 0.602. The van der Waals surface area contributed by atoms with Crippen LogP contribution in [0.15, 0.2) is 0 Å². The van der Waals surface area contributed by atoms with Crippen molar-refractivity contribution in [2.75, 3.05) is 14.2 Å². The average Bonchev–Trinajstić information content (AvgIpc) is 2.14. The lowest BCUT2D eigenvalue weighted by molar-refractivity contribution is -0.148. The zero-order valence-corrected chi connectivity index (χ0v) is 7.45. The van der Waals surface area contributed by atoms with Crippen molar-refractivity contribution >= 4 is 11.9 Å². The lowest BCUT2D eigenvalue weighted by atomic mass is 10.1. The van der Waals surface area contributed by atoms with Crippen LogP contribution in [0.2, 0.25) is 0 Å². The molecule has 2 N–H and O–H groups in total. The van der Waals surface area contributed by atoms with E-state index in [1.807, 2.05) is 0 Å². The summed E-state index contributed by atoms with van der Waals surface area (Å²) in [6.07, 6.45) is -2.32. The standard InChI is InChI=1S/C7H12FNO4/c1-12-6(10)4(8)3-5(9)7(11)13-2/h4-5H,3,9H2,1-2H3/t4?,5-/m0/s1. The molecule has 0 aromatic heterocycles. The molecule has 0 aliphatic rings. The van der Waals surface area contributed by atoms with E-state index in [0.29, 0.717) is 0 Å².